The van der Waals surface area contributed by atoms with Gasteiger partial charge < -0.3 is 34.6 Å². The third kappa shape index (κ3) is 3.51. The van der Waals surface area contributed by atoms with E-state index in [0.717, 1.165) is 22.1 Å². The van der Waals surface area contributed by atoms with Gasteiger partial charge in [-0.2, -0.15) is 0 Å². The van der Waals surface area contributed by atoms with Gasteiger partial charge in [-0.25, -0.2) is 15.0 Å². The van der Waals surface area contributed by atoms with Crippen LogP contribution in [0.4, 0.5) is 11.6 Å². The predicted octanol–water partition coefficient (Wildman–Crippen LogP) is 3.10. The molecular formula is C24H26N6O4. The first-order valence-corrected chi connectivity index (χ1v) is 11.2. The topological polar surface area (TPSA) is 119 Å². The van der Waals surface area contributed by atoms with Gasteiger partial charge in [0.05, 0.1) is 10.9 Å². The SMILES string of the molecule is CNc1ccc2ccc(OCC3OC(n4ccc5c(N)ncnc54)[C@@H]4OC(C)(C)O[C@H]34)cc2n1. The number of nitrogens with one attached hydrogen (secondary N) is 1. The number of benzene rings is 1. The van der Waals surface area contributed by atoms with Gasteiger partial charge in [0.2, 0.25) is 0 Å². The molecule has 0 radical (unpaired) electrons. The van der Waals surface area contributed by atoms with Crippen LogP contribution in [0.5, 0.6) is 5.75 Å². The number of fused-ring (bicyclic) bond motifs is 3. The number of aromatic nitrogens is 4. The highest BCUT2D eigenvalue weighted by molar-refractivity contribution is 5.86. The predicted molar refractivity (Wildman–Crippen MR) is 126 cm³/mol. The van der Waals surface area contributed by atoms with Crippen LogP contribution >= 0.6 is 0 Å². The Morgan fingerprint density at radius 1 is 1.12 bits per heavy atom. The molecule has 2 saturated heterocycles. The molecule has 3 aromatic heterocycles. The van der Waals surface area contributed by atoms with E-state index in [0.29, 0.717) is 23.8 Å². The van der Waals surface area contributed by atoms with Gasteiger partial charge in [-0.1, -0.05) is 0 Å². The Bertz CT molecular complexity index is 1370. The molecule has 2 unspecified atom stereocenters. The van der Waals surface area contributed by atoms with E-state index in [4.69, 9.17) is 24.7 Å². The molecule has 0 aliphatic carbocycles. The maximum absolute atomic E-state index is 6.42. The molecule has 3 N–H and O–H groups in total. The molecule has 4 atom stereocenters. The number of nitrogens with zero attached hydrogens (tertiary/aromatic N) is 4. The van der Waals surface area contributed by atoms with Gasteiger partial charge in [0, 0.05) is 24.7 Å². The van der Waals surface area contributed by atoms with Crippen molar-refractivity contribution in [1.82, 2.24) is 19.5 Å². The van der Waals surface area contributed by atoms with Crippen LogP contribution in [0.3, 0.4) is 0 Å². The number of ether oxygens (including phenoxy) is 4. The number of rotatable bonds is 5. The van der Waals surface area contributed by atoms with Crippen LogP contribution in [0.25, 0.3) is 21.9 Å². The molecule has 2 aliphatic heterocycles. The van der Waals surface area contributed by atoms with Gasteiger partial charge in [0.1, 0.15) is 54.3 Å². The first kappa shape index (κ1) is 21.1. The van der Waals surface area contributed by atoms with Crippen LogP contribution in [0, 0.1) is 0 Å². The molecule has 2 fully saturated rings. The lowest BCUT2D eigenvalue weighted by molar-refractivity contribution is -0.198. The van der Waals surface area contributed by atoms with E-state index >= 15 is 0 Å². The van der Waals surface area contributed by atoms with Crippen LogP contribution in [-0.2, 0) is 14.2 Å². The summed E-state index contributed by atoms with van der Waals surface area (Å²) >= 11 is 0. The maximum Gasteiger partial charge on any atom is 0.164 e. The minimum atomic E-state index is -0.733. The average Bonchev–Trinajstić information content (AvgIpc) is 3.48. The summed E-state index contributed by atoms with van der Waals surface area (Å²) in [6.45, 7) is 4.11. The van der Waals surface area contributed by atoms with E-state index in [9.17, 15) is 0 Å². The Balaban J connectivity index is 1.26. The van der Waals surface area contributed by atoms with Gasteiger partial charge in [-0.3, -0.25) is 0 Å². The molecule has 176 valence electrons. The van der Waals surface area contributed by atoms with Crippen molar-refractivity contribution in [1.29, 1.82) is 0 Å². The number of nitrogens with two attached hydrogens (primary N) is 1. The fourth-order valence-corrected chi connectivity index (χ4v) is 4.72. The molecule has 0 amide bonds. The van der Waals surface area contributed by atoms with E-state index in [-0.39, 0.29) is 18.3 Å². The zero-order chi connectivity index (χ0) is 23.4. The second-order valence-corrected chi connectivity index (χ2v) is 8.96. The minimum absolute atomic E-state index is 0.296. The standard InChI is InChI=1S/C24H26N6O4/c1-24(2)33-19-17(11-31-14-6-4-13-5-7-18(26-3)29-16(13)10-14)32-23(20(19)34-24)30-9-8-15-21(25)27-12-28-22(15)30/h4-10,12,17,19-20,23H,11H2,1-3H3,(H,26,29)(H2,25,27,28)/t17?,19-,20-,23?/m1/s1. The Kier molecular flexibility index (Phi) is 4.83. The first-order valence-electron chi connectivity index (χ1n) is 11.2. The van der Waals surface area contributed by atoms with Gasteiger partial charge in [-0.05, 0) is 44.2 Å². The Labute approximate surface area is 196 Å². The quantitative estimate of drug-likeness (QED) is 0.461. The lowest BCUT2D eigenvalue weighted by Crippen LogP contribution is -2.33. The monoisotopic (exact) mass is 462 g/mol. The molecule has 34 heavy (non-hydrogen) atoms. The molecule has 4 aromatic rings. The Morgan fingerprint density at radius 2 is 1.94 bits per heavy atom. The van der Waals surface area contributed by atoms with Crippen molar-refractivity contribution < 1.29 is 18.9 Å². The molecule has 5 heterocycles. The number of hydrogen-bond donors (Lipinski definition) is 2. The van der Waals surface area contributed by atoms with Crippen LogP contribution < -0.4 is 15.8 Å². The van der Waals surface area contributed by atoms with Crippen molar-refractivity contribution in [2.75, 3.05) is 24.7 Å². The van der Waals surface area contributed by atoms with Crippen molar-refractivity contribution >= 4 is 33.6 Å². The van der Waals surface area contributed by atoms with E-state index in [1.807, 2.05) is 68.1 Å². The summed E-state index contributed by atoms with van der Waals surface area (Å²) in [4.78, 5) is 13.1. The van der Waals surface area contributed by atoms with Crippen LogP contribution in [0.1, 0.15) is 20.1 Å². The lowest BCUT2D eigenvalue weighted by atomic mass is 10.1. The van der Waals surface area contributed by atoms with E-state index < -0.39 is 12.0 Å². The molecular weight excluding hydrogens is 436 g/mol. The van der Waals surface area contributed by atoms with E-state index in [1.54, 1.807) is 0 Å². The van der Waals surface area contributed by atoms with Crippen LogP contribution in [0.2, 0.25) is 0 Å². The van der Waals surface area contributed by atoms with Gasteiger partial charge in [-0.15, -0.1) is 0 Å². The lowest BCUT2D eigenvalue weighted by Gasteiger charge is -2.25. The second kappa shape index (κ2) is 7.79. The Morgan fingerprint density at radius 3 is 2.79 bits per heavy atom. The minimum Gasteiger partial charge on any atom is -0.491 e. The fourth-order valence-electron chi connectivity index (χ4n) is 4.72. The molecule has 0 bridgehead atoms. The zero-order valence-corrected chi connectivity index (χ0v) is 19.1. The third-order valence-electron chi connectivity index (χ3n) is 6.27. The van der Waals surface area contributed by atoms with E-state index in [1.165, 1.54) is 6.33 Å². The van der Waals surface area contributed by atoms with Crippen molar-refractivity contribution in [2.24, 2.45) is 0 Å². The largest absolute Gasteiger partial charge is 0.491 e. The number of nitrogen functional groups attached to an aromatic ring is 1. The number of pyridine rings is 1. The maximum atomic E-state index is 6.42. The molecule has 0 saturated carbocycles. The van der Waals surface area contributed by atoms with Crippen molar-refractivity contribution in [3.05, 3.63) is 48.9 Å². The normalized spacial score (nSPS) is 25.6. The van der Waals surface area contributed by atoms with Crippen molar-refractivity contribution in [2.45, 2.75) is 44.2 Å². The highest BCUT2D eigenvalue weighted by atomic mass is 16.8. The first-order chi connectivity index (χ1) is 16.4. The third-order valence-corrected chi connectivity index (χ3v) is 6.27. The van der Waals surface area contributed by atoms with Crippen molar-refractivity contribution in [3.8, 4) is 5.75 Å². The molecule has 10 nitrogen and oxygen atoms in total. The van der Waals surface area contributed by atoms with Crippen molar-refractivity contribution in [3.63, 3.8) is 0 Å². The molecule has 6 rings (SSSR count). The molecule has 10 heteroatoms. The van der Waals surface area contributed by atoms with Gasteiger partial charge in [0.25, 0.3) is 0 Å². The second-order valence-electron chi connectivity index (χ2n) is 8.96. The summed E-state index contributed by atoms with van der Waals surface area (Å²) in [6.07, 6.45) is 1.93. The molecule has 2 aliphatic rings. The Hall–Kier alpha value is -3.47. The summed E-state index contributed by atoms with van der Waals surface area (Å²) in [5, 5.41) is 4.87. The van der Waals surface area contributed by atoms with Crippen LogP contribution in [0.15, 0.2) is 48.9 Å². The van der Waals surface area contributed by atoms with E-state index in [2.05, 4.69) is 20.3 Å². The number of anilines is 2. The summed E-state index contributed by atoms with van der Waals surface area (Å²) in [5.41, 5.74) is 7.56. The zero-order valence-electron chi connectivity index (χ0n) is 19.1. The van der Waals surface area contributed by atoms with Gasteiger partial charge >= 0.3 is 0 Å². The fraction of sp³-hybridized carbons (Fsp3) is 0.375. The van der Waals surface area contributed by atoms with Crippen LogP contribution in [-0.4, -0.2) is 57.3 Å². The highest BCUT2D eigenvalue weighted by Crippen LogP contribution is 2.44. The molecule has 0 spiro atoms. The smallest absolute Gasteiger partial charge is 0.164 e. The van der Waals surface area contributed by atoms with Gasteiger partial charge in [0.15, 0.2) is 12.0 Å². The molecule has 1 aromatic carbocycles. The summed E-state index contributed by atoms with van der Waals surface area (Å²) in [6, 6.07) is 11.7. The highest BCUT2D eigenvalue weighted by Gasteiger charge is 2.56. The summed E-state index contributed by atoms with van der Waals surface area (Å²) < 4.78 is 26.9. The number of hydrogen-bond acceptors (Lipinski definition) is 9. The average molecular weight is 463 g/mol. The summed E-state index contributed by atoms with van der Waals surface area (Å²) in [5.74, 6) is 1.20. The summed E-state index contributed by atoms with van der Waals surface area (Å²) in [7, 11) is 1.85.